The van der Waals surface area contributed by atoms with E-state index in [0.717, 1.165) is 0 Å². The van der Waals surface area contributed by atoms with Crippen molar-refractivity contribution in [1.29, 1.82) is 0 Å². The van der Waals surface area contributed by atoms with Crippen molar-refractivity contribution in [3.63, 3.8) is 0 Å². The average Bonchev–Trinajstić information content (AvgIpc) is 2.13. The first-order valence-corrected chi connectivity index (χ1v) is 2.76. The maximum atomic E-state index is 8.59. The first kappa shape index (κ1) is 7.11. The van der Waals surface area contributed by atoms with E-state index in [1.165, 1.54) is 10.8 Å². The van der Waals surface area contributed by atoms with Gasteiger partial charge in [-0.1, -0.05) is 0 Å². The van der Waals surface area contributed by atoms with Gasteiger partial charge in [-0.05, 0) is 0 Å². The van der Waals surface area contributed by atoms with Gasteiger partial charge >= 0.3 is 7.12 Å². The third-order valence-corrected chi connectivity index (χ3v) is 1.20. The second-order valence-electron chi connectivity index (χ2n) is 2.01. The summed E-state index contributed by atoms with van der Waals surface area (Å²) in [6.07, 6.45) is 1.46. The van der Waals surface area contributed by atoms with E-state index in [1.807, 2.05) is 0 Å². The molecule has 54 valence electrons. The lowest BCUT2D eigenvalue weighted by Crippen LogP contribution is -2.30. The predicted octanol–water partition coefficient (Wildman–Crippen LogP) is -2.32. The van der Waals surface area contributed by atoms with E-state index in [2.05, 4.69) is 4.98 Å². The highest BCUT2D eigenvalue weighted by Crippen LogP contribution is 1.91. The molecule has 0 aromatic carbocycles. The molecule has 1 aromatic rings. The highest BCUT2D eigenvalue weighted by atomic mass is 16.4. The zero-order valence-corrected chi connectivity index (χ0v) is 5.52. The van der Waals surface area contributed by atoms with E-state index in [0.29, 0.717) is 0 Å². The summed E-state index contributed by atoms with van der Waals surface area (Å²) in [6, 6.07) is 0. The molecule has 0 aliphatic rings. The number of aryl methyl sites for hydroxylation is 1. The van der Waals surface area contributed by atoms with Crippen molar-refractivity contribution in [2.45, 2.75) is 0 Å². The molecule has 1 rings (SSSR count). The summed E-state index contributed by atoms with van der Waals surface area (Å²) in [5.41, 5.74) is 5.47. The molecule has 0 radical (unpaired) electrons. The molecule has 4 N–H and O–H groups in total. The van der Waals surface area contributed by atoms with Crippen molar-refractivity contribution >= 4 is 18.7 Å². The average molecular weight is 141 g/mol. The van der Waals surface area contributed by atoms with Gasteiger partial charge in [0.1, 0.15) is 0 Å². The third kappa shape index (κ3) is 1.12. The maximum absolute atomic E-state index is 8.59. The minimum absolute atomic E-state index is 0.167. The first-order chi connectivity index (χ1) is 4.61. The van der Waals surface area contributed by atoms with Crippen LogP contribution < -0.4 is 11.3 Å². The minimum Gasteiger partial charge on any atom is -0.422 e. The van der Waals surface area contributed by atoms with Gasteiger partial charge in [-0.2, -0.15) is 0 Å². The molecule has 1 heterocycles. The molecule has 0 unspecified atom stereocenters. The normalized spacial score (nSPS) is 9.90. The highest BCUT2D eigenvalue weighted by molar-refractivity contribution is 6.57. The molecule has 1 aromatic heterocycles. The monoisotopic (exact) mass is 141 g/mol. The lowest BCUT2D eigenvalue weighted by Gasteiger charge is -1.87. The number of hydrogen-bond acceptors (Lipinski definition) is 4. The van der Waals surface area contributed by atoms with Gasteiger partial charge in [-0.25, -0.2) is 4.98 Å². The van der Waals surface area contributed by atoms with Crippen LogP contribution in [-0.2, 0) is 7.05 Å². The molecule has 0 saturated heterocycles. The zero-order valence-electron chi connectivity index (χ0n) is 5.52. The van der Waals surface area contributed by atoms with Crippen molar-refractivity contribution in [3.8, 4) is 0 Å². The second kappa shape index (κ2) is 2.32. The molecule has 0 fully saturated rings. The Morgan fingerprint density at radius 3 is 2.50 bits per heavy atom. The molecule has 0 atom stereocenters. The number of nitrogens with two attached hydrogens (primary N) is 1. The Bertz CT molecular complexity index is 215. The van der Waals surface area contributed by atoms with E-state index < -0.39 is 7.12 Å². The molecule has 0 amide bonds. The highest BCUT2D eigenvalue weighted by Gasteiger charge is 2.15. The van der Waals surface area contributed by atoms with Gasteiger partial charge in [0.2, 0.25) is 0 Å². The van der Waals surface area contributed by atoms with Crippen molar-refractivity contribution in [3.05, 3.63) is 6.20 Å². The summed E-state index contributed by atoms with van der Waals surface area (Å²) in [6.45, 7) is 0. The molecule has 0 aliphatic heterocycles. The molecule has 0 saturated carbocycles. The summed E-state index contributed by atoms with van der Waals surface area (Å²) in [4.78, 5) is 3.65. The van der Waals surface area contributed by atoms with Crippen LogP contribution in [0, 0.1) is 0 Å². The van der Waals surface area contributed by atoms with Crippen LogP contribution in [0.5, 0.6) is 0 Å². The largest absolute Gasteiger partial charge is 0.509 e. The van der Waals surface area contributed by atoms with E-state index in [9.17, 15) is 0 Å². The molecular formula is C4H8BN3O2. The van der Waals surface area contributed by atoms with E-state index in [1.54, 1.807) is 7.05 Å². The molecule has 0 spiro atoms. The standard InChI is InChI=1S/C4H8BN3O2/c1-8-2-3(5(9)10)7-4(8)6/h2,9-10H,1H3,(H2,6,7). The van der Waals surface area contributed by atoms with Crippen LogP contribution in [0.3, 0.4) is 0 Å². The molecule has 10 heavy (non-hydrogen) atoms. The maximum Gasteiger partial charge on any atom is 0.509 e. The summed E-state index contributed by atoms with van der Waals surface area (Å²) < 4.78 is 1.51. The second-order valence-corrected chi connectivity index (χ2v) is 2.01. The van der Waals surface area contributed by atoms with Gasteiger partial charge in [0, 0.05) is 13.2 Å². The van der Waals surface area contributed by atoms with E-state index in [-0.39, 0.29) is 11.5 Å². The Morgan fingerprint density at radius 1 is 1.70 bits per heavy atom. The number of hydrogen-bond donors (Lipinski definition) is 3. The fraction of sp³-hybridized carbons (Fsp3) is 0.250. The molecule has 6 heteroatoms. The van der Waals surface area contributed by atoms with Crippen molar-refractivity contribution in [1.82, 2.24) is 9.55 Å². The first-order valence-electron chi connectivity index (χ1n) is 2.76. The summed E-state index contributed by atoms with van der Waals surface area (Å²) in [7, 11) is 0.136. The SMILES string of the molecule is Cn1cc(B(O)O)nc1N. The molecule has 5 nitrogen and oxygen atoms in total. The van der Waals surface area contributed by atoms with Crippen LogP contribution in [0.1, 0.15) is 0 Å². The Hall–Kier alpha value is -1.01. The molecule has 0 aliphatic carbocycles. The van der Waals surface area contributed by atoms with Gasteiger partial charge < -0.3 is 20.3 Å². The van der Waals surface area contributed by atoms with Crippen LogP contribution in [0.4, 0.5) is 5.95 Å². The summed E-state index contributed by atoms with van der Waals surface area (Å²) in [5.74, 6) is 0.267. The van der Waals surface area contributed by atoms with Crippen LogP contribution >= 0.6 is 0 Å². The topological polar surface area (TPSA) is 84.3 Å². The van der Waals surface area contributed by atoms with Crippen LogP contribution in [0.25, 0.3) is 0 Å². The van der Waals surface area contributed by atoms with Crippen molar-refractivity contribution in [2.75, 3.05) is 5.73 Å². The number of anilines is 1. The zero-order chi connectivity index (χ0) is 7.72. The lowest BCUT2D eigenvalue weighted by atomic mass is 9.87. The Morgan fingerprint density at radius 2 is 2.30 bits per heavy atom. The number of nitrogen functional groups attached to an aromatic ring is 1. The Kier molecular flexibility index (Phi) is 1.65. The van der Waals surface area contributed by atoms with E-state index >= 15 is 0 Å². The smallest absolute Gasteiger partial charge is 0.422 e. The fourth-order valence-electron chi connectivity index (χ4n) is 0.629. The van der Waals surface area contributed by atoms with Crippen molar-refractivity contribution in [2.24, 2.45) is 7.05 Å². The lowest BCUT2D eigenvalue weighted by molar-refractivity contribution is 0.424. The van der Waals surface area contributed by atoms with E-state index in [4.69, 9.17) is 15.8 Å². The van der Waals surface area contributed by atoms with Gasteiger partial charge in [-0.3, -0.25) is 0 Å². The summed E-state index contributed by atoms with van der Waals surface area (Å²) >= 11 is 0. The Labute approximate surface area is 58.3 Å². The quantitative estimate of drug-likeness (QED) is 0.383. The summed E-state index contributed by atoms with van der Waals surface area (Å²) in [5, 5.41) is 17.2. The van der Waals surface area contributed by atoms with Gasteiger partial charge in [0.25, 0.3) is 0 Å². The van der Waals surface area contributed by atoms with Crippen LogP contribution in [-0.4, -0.2) is 26.7 Å². The van der Waals surface area contributed by atoms with Crippen molar-refractivity contribution < 1.29 is 10.0 Å². The number of rotatable bonds is 1. The fourth-order valence-corrected chi connectivity index (χ4v) is 0.629. The van der Waals surface area contributed by atoms with Gasteiger partial charge in [0.05, 0.1) is 5.59 Å². The van der Waals surface area contributed by atoms with Crippen LogP contribution in [0.15, 0.2) is 6.20 Å². The number of aromatic nitrogens is 2. The minimum atomic E-state index is -1.54. The number of nitrogens with zero attached hydrogens (tertiary/aromatic N) is 2. The third-order valence-electron chi connectivity index (χ3n) is 1.20. The molecular weight excluding hydrogens is 133 g/mol. The molecule has 0 bridgehead atoms. The number of imidazole rings is 1. The Balaban J connectivity index is 2.98. The van der Waals surface area contributed by atoms with Gasteiger partial charge in [-0.15, -0.1) is 0 Å². The van der Waals surface area contributed by atoms with Crippen LogP contribution in [0.2, 0.25) is 0 Å². The van der Waals surface area contributed by atoms with Gasteiger partial charge in [0.15, 0.2) is 5.95 Å². The predicted molar refractivity (Wildman–Crippen MR) is 37.4 cm³/mol.